The van der Waals surface area contributed by atoms with Crippen molar-refractivity contribution in [2.24, 2.45) is 0 Å². The first kappa shape index (κ1) is 14.6. The summed E-state index contributed by atoms with van der Waals surface area (Å²) in [6.07, 6.45) is 3.92. The highest BCUT2D eigenvalue weighted by Gasteiger charge is 2.28. The predicted octanol–water partition coefficient (Wildman–Crippen LogP) is 3.87. The zero-order chi connectivity index (χ0) is 15.4. The van der Waals surface area contributed by atoms with Crippen molar-refractivity contribution in [3.63, 3.8) is 0 Å². The average molecular weight is 300 g/mol. The summed E-state index contributed by atoms with van der Waals surface area (Å²) in [4.78, 5) is 0. The number of phenolic OH excluding ortho intramolecular Hbond substituents is 2. The second kappa shape index (κ2) is 6.60. The van der Waals surface area contributed by atoms with E-state index in [1.165, 1.54) is 0 Å². The normalized spacial score (nSPS) is 21.3. The second-order valence-electron chi connectivity index (χ2n) is 5.59. The number of rotatable bonds is 4. The lowest BCUT2D eigenvalue weighted by Gasteiger charge is -2.32. The van der Waals surface area contributed by atoms with Gasteiger partial charge in [0.2, 0.25) is 0 Å². The highest BCUT2D eigenvalue weighted by atomic mass is 16.5. The molecule has 2 unspecified atom stereocenters. The first-order chi connectivity index (χ1) is 10.7. The van der Waals surface area contributed by atoms with E-state index >= 15 is 0 Å². The molecule has 1 aliphatic carbocycles. The molecule has 2 aromatic rings. The summed E-state index contributed by atoms with van der Waals surface area (Å²) in [5.41, 5.74) is 0. The summed E-state index contributed by atoms with van der Waals surface area (Å²) in [6.45, 7) is 0. The van der Waals surface area contributed by atoms with E-state index < -0.39 is 0 Å². The van der Waals surface area contributed by atoms with Gasteiger partial charge in [-0.1, -0.05) is 12.1 Å². The van der Waals surface area contributed by atoms with Crippen LogP contribution in [0, 0.1) is 0 Å². The van der Waals surface area contributed by atoms with Crippen LogP contribution in [0.3, 0.4) is 0 Å². The molecule has 1 saturated carbocycles. The quantitative estimate of drug-likeness (QED) is 0.900. The number of hydrogen-bond donors (Lipinski definition) is 2. The van der Waals surface area contributed by atoms with E-state index in [-0.39, 0.29) is 23.7 Å². The molecule has 2 aromatic carbocycles. The molecule has 0 amide bonds. The lowest BCUT2D eigenvalue weighted by atomic mass is 9.94. The number of phenols is 2. The minimum Gasteiger partial charge on any atom is -0.508 e. The summed E-state index contributed by atoms with van der Waals surface area (Å²) >= 11 is 0. The summed E-state index contributed by atoms with van der Waals surface area (Å²) < 4.78 is 12.0. The Kier molecular flexibility index (Phi) is 4.37. The van der Waals surface area contributed by atoms with Crippen LogP contribution in [-0.4, -0.2) is 22.4 Å². The van der Waals surface area contributed by atoms with Crippen molar-refractivity contribution in [1.82, 2.24) is 0 Å². The monoisotopic (exact) mass is 300 g/mol. The molecule has 2 N–H and O–H groups in total. The van der Waals surface area contributed by atoms with E-state index in [1.54, 1.807) is 36.4 Å². The van der Waals surface area contributed by atoms with Crippen LogP contribution in [0.5, 0.6) is 23.0 Å². The molecule has 1 fully saturated rings. The molecule has 22 heavy (non-hydrogen) atoms. The van der Waals surface area contributed by atoms with Gasteiger partial charge in [-0.05, 0) is 49.9 Å². The molecule has 0 aromatic heterocycles. The number of benzene rings is 2. The van der Waals surface area contributed by atoms with Crippen LogP contribution >= 0.6 is 0 Å². The van der Waals surface area contributed by atoms with Gasteiger partial charge in [-0.3, -0.25) is 0 Å². The highest BCUT2D eigenvalue weighted by Crippen LogP contribution is 2.29. The van der Waals surface area contributed by atoms with Crippen molar-refractivity contribution in [2.75, 3.05) is 0 Å². The van der Waals surface area contributed by atoms with Crippen molar-refractivity contribution < 1.29 is 19.7 Å². The van der Waals surface area contributed by atoms with Crippen molar-refractivity contribution >= 4 is 0 Å². The molecule has 0 spiro atoms. The minimum atomic E-state index is -0.0575. The van der Waals surface area contributed by atoms with Gasteiger partial charge in [0.05, 0.1) is 0 Å². The van der Waals surface area contributed by atoms with Gasteiger partial charge in [-0.15, -0.1) is 0 Å². The van der Waals surface area contributed by atoms with Crippen LogP contribution in [0.15, 0.2) is 48.5 Å². The van der Waals surface area contributed by atoms with Gasteiger partial charge in [-0.2, -0.15) is 0 Å². The van der Waals surface area contributed by atoms with Crippen LogP contribution in [-0.2, 0) is 0 Å². The Morgan fingerprint density at radius 2 is 1.18 bits per heavy atom. The predicted molar refractivity (Wildman–Crippen MR) is 83.5 cm³/mol. The SMILES string of the molecule is Oc1cccc(OC2CCCCC2Oc2cccc(O)c2)c1. The van der Waals surface area contributed by atoms with E-state index in [9.17, 15) is 10.2 Å². The summed E-state index contributed by atoms with van der Waals surface area (Å²) in [6, 6.07) is 13.7. The van der Waals surface area contributed by atoms with Crippen LogP contribution in [0.1, 0.15) is 25.7 Å². The Balaban J connectivity index is 1.71. The Hall–Kier alpha value is -2.36. The lowest BCUT2D eigenvalue weighted by molar-refractivity contribution is 0.0230. The maximum atomic E-state index is 9.54. The molecule has 116 valence electrons. The molecule has 4 heteroatoms. The third-order valence-electron chi connectivity index (χ3n) is 3.85. The molecule has 2 atom stereocenters. The molecular weight excluding hydrogens is 280 g/mol. The lowest BCUT2D eigenvalue weighted by Crippen LogP contribution is -2.39. The first-order valence-electron chi connectivity index (χ1n) is 7.62. The standard InChI is InChI=1S/C18H20O4/c19-13-5-3-7-15(11-13)21-17-9-1-2-10-18(17)22-16-8-4-6-14(20)12-16/h3-8,11-12,17-20H,1-2,9-10H2. The van der Waals surface area contributed by atoms with Gasteiger partial charge < -0.3 is 19.7 Å². The zero-order valence-corrected chi connectivity index (χ0v) is 12.3. The molecule has 0 radical (unpaired) electrons. The average Bonchev–Trinajstić information content (AvgIpc) is 2.49. The van der Waals surface area contributed by atoms with Gasteiger partial charge in [-0.25, -0.2) is 0 Å². The smallest absolute Gasteiger partial charge is 0.135 e. The Morgan fingerprint density at radius 3 is 1.59 bits per heavy atom. The molecule has 0 bridgehead atoms. The van der Waals surface area contributed by atoms with Crippen molar-refractivity contribution in [1.29, 1.82) is 0 Å². The van der Waals surface area contributed by atoms with Crippen LogP contribution < -0.4 is 9.47 Å². The highest BCUT2D eigenvalue weighted by molar-refractivity contribution is 5.33. The molecule has 0 heterocycles. The third-order valence-corrected chi connectivity index (χ3v) is 3.85. The van der Waals surface area contributed by atoms with E-state index in [1.807, 2.05) is 12.1 Å². The van der Waals surface area contributed by atoms with Crippen LogP contribution in [0.2, 0.25) is 0 Å². The Labute approximate surface area is 129 Å². The van der Waals surface area contributed by atoms with E-state index in [0.717, 1.165) is 25.7 Å². The number of aromatic hydroxyl groups is 2. The fourth-order valence-electron chi connectivity index (χ4n) is 2.80. The maximum absolute atomic E-state index is 9.54. The van der Waals surface area contributed by atoms with E-state index in [4.69, 9.17) is 9.47 Å². The van der Waals surface area contributed by atoms with Crippen molar-refractivity contribution in [2.45, 2.75) is 37.9 Å². The van der Waals surface area contributed by atoms with Crippen LogP contribution in [0.25, 0.3) is 0 Å². The molecule has 0 saturated heterocycles. The number of hydrogen-bond acceptors (Lipinski definition) is 4. The van der Waals surface area contributed by atoms with Gasteiger partial charge in [0.25, 0.3) is 0 Å². The Morgan fingerprint density at radius 1 is 0.727 bits per heavy atom. The Bertz CT molecular complexity index is 570. The molecule has 3 rings (SSSR count). The summed E-state index contributed by atoms with van der Waals surface area (Å²) in [7, 11) is 0. The first-order valence-corrected chi connectivity index (χ1v) is 7.62. The minimum absolute atomic E-state index is 0.0575. The topological polar surface area (TPSA) is 58.9 Å². The molecule has 0 aliphatic heterocycles. The van der Waals surface area contributed by atoms with Crippen LogP contribution in [0.4, 0.5) is 0 Å². The molecular formula is C18H20O4. The zero-order valence-electron chi connectivity index (χ0n) is 12.3. The molecule has 1 aliphatic rings. The molecule has 4 nitrogen and oxygen atoms in total. The summed E-state index contributed by atoms with van der Waals surface area (Å²) in [5, 5.41) is 19.1. The summed E-state index contributed by atoms with van der Waals surface area (Å²) in [5.74, 6) is 1.69. The fraction of sp³-hybridized carbons (Fsp3) is 0.333. The third kappa shape index (κ3) is 3.64. The number of ether oxygens (including phenoxy) is 2. The van der Waals surface area contributed by atoms with Crippen molar-refractivity contribution in [3.05, 3.63) is 48.5 Å². The largest absolute Gasteiger partial charge is 0.508 e. The fourth-order valence-corrected chi connectivity index (χ4v) is 2.80. The second-order valence-corrected chi connectivity index (χ2v) is 5.59. The van der Waals surface area contributed by atoms with Gasteiger partial charge in [0.15, 0.2) is 0 Å². The van der Waals surface area contributed by atoms with E-state index in [0.29, 0.717) is 11.5 Å². The van der Waals surface area contributed by atoms with E-state index in [2.05, 4.69) is 0 Å². The maximum Gasteiger partial charge on any atom is 0.135 e. The van der Waals surface area contributed by atoms with Crippen molar-refractivity contribution in [3.8, 4) is 23.0 Å². The van der Waals surface area contributed by atoms with Gasteiger partial charge in [0.1, 0.15) is 35.2 Å². The van der Waals surface area contributed by atoms with Gasteiger partial charge in [0, 0.05) is 12.1 Å². The van der Waals surface area contributed by atoms with Gasteiger partial charge >= 0.3 is 0 Å².